The molecule has 1 N–H and O–H groups in total. The van der Waals surface area contributed by atoms with Crippen LogP contribution in [0.4, 0.5) is 4.79 Å². The van der Waals surface area contributed by atoms with Crippen LogP contribution in [0.5, 0.6) is 0 Å². The predicted octanol–water partition coefficient (Wildman–Crippen LogP) is 2.43. The van der Waals surface area contributed by atoms with Gasteiger partial charge < -0.3 is 14.8 Å². The molecule has 0 bridgehead atoms. The van der Waals surface area contributed by atoms with E-state index in [1.807, 2.05) is 60.7 Å². The van der Waals surface area contributed by atoms with Crippen LogP contribution in [0.1, 0.15) is 18.1 Å². The van der Waals surface area contributed by atoms with Crippen LogP contribution in [-0.4, -0.2) is 45.5 Å². The smallest absolute Gasteiger partial charge is 0.407 e. The zero-order chi connectivity index (χ0) is 22.0. The number of ether oxygens (including phenoxy) is 2. The molecule has 0 spiro atoms. The molecule has 0 unspecified atom stereocenters. The molecule has 0 radical (unpaired) electrons. The van der Waals surface area contributed by atoms with E-state index >= 15 is 0 Å². The van der Waals surface area contributed by atoms with Gasteiger partial charge in [-0.05, 0) is 17.5 Å². The Morgan fingerprint density at radius 3 is 2.03 bits per heavy atom. The Hall–Kier alpha value is -2.91. The Kier molecular flexibility index (Phi) is 8.82. The maximum Gasteiger partial charge on any atom is 0.407 e. The number of amides is 1. The number of rotatable bonds is 10. The van der Waals surface area contributed by atoms with Crippen molar-refractivity contribution >= 4 is 22.2 Å². The molecular formula is C21H25NO7S. The Morgan fingerprint density at radius 2 is 1.50 bits per heavy atom. The highest BCUT2D eigenvalue weighted by atomic mass is 32.2. The van der Waals surface area contributed by atoms with E-state index in [1.165, 1.54) is 6.92 Å². The second kappa shape index (κ2) is 11.3. The molecule has 8 nitrogen and oxygen atoms in total. The summed E-state index contributed by atoms with van der Waals surface area (Å²) in [6, 6.07) is 17.4. The van der Waals surface area contributed by atoms with Crippen molar-refractivity contribution < 1.29 is 31.7 Å². The number of nitrogens with one attached hydrogen (secondary N) is 1. The van der Waals surface area contributed by atoms with Gasteiger partial charge in [0, 0.05) is 6.92 Å². The Balaban J connectivity index is 2.15. The topological polar surface area (TPSA) is 108 Å². The number of esters is 1. The van der Waals surface area contributed by atoms with E-state index in [0.29, 0.717) is 0 Å². The first-order valence-corrected chi connectivity index (χ1v) is 11.1. The lowest BCUT2D eigenvalue weighted by Gasteiger charge is -2.26. The van der Waals surface area contributed by atoms with Gasteiger partial charge in [-0.1, -0.05) is 60.7 Å². The summed E-state index contributed by atoms with van der Waals surface area (Å²) in [6.07, 6.45) is -0.748. The molecule has 0 aliphatic heterocycles. The van der Waals surface area contributed by atoms with Crippen LogP contribution in [0, 0.1) is 0 Å². The van der Waals surface area contributed by atoms with Gasteiger partial charge in [0.05, 0.1) is 12.3 Å². The summed E-state index contributed by atoms with van der Waals surface area (Å²) in [6.45, 7) is 0.899. The monoisotopic (exact) mass is 435 g/mol. The molecule has 30 heavy (non-hydrogen) atoms. The van der Waals surface area contributed by atoms with Crippen LogP contribution in [0.15, 0.2) is 60.7 Å². The van der Waals surface area contributed by atoms with Crippen LogP contribution >= 0.6 is 0 Å². The average Bonchev–Trinajstić information content (AvgIpc) is 2.70. The van der Waals surface area contributed by atoms with Gasteiger partial charge in [-0.3, -0.25) is 8.98 Å². The molecule has 162 valence electrons. The Labute approximate surface area is 176 Å². The second-order valence-electron chi connectivity index (χ2n) is 6.64. The number of alkyl carbamates (subject to hydrolysis) is 1. The third-order valence-corrected chi connectivity index (χ3v) is 4.61. The zero-order valence-electron chi connectivity index (χ0n) is 16.8. The lowest BCUT2D eigenvalue weighted by Crippen LogP contribution is -2.49. The largest absolute Gasteiger partial charge is 0.463 e. The molecule has 0 aromatic heterocycles. The average molecular weight is 435 g/mol. The first-order valence-electron chi connectivity index (χ1n) is 9.25. The van der Waals surface area contributed by atoms with E-state index in [1.54, 1.807) is 0 Å². The minimum atomic E-state index is -3.88. The maximum atomic E-state index is 12.4. The van der Waals surface area contributed by atoms with Crippen molar-refractivity contribution in [2.75, 3.05) is 12.9 Å². The molecular weight excluding hydrogens is 410 g/mol. The van der Waals surface area contributed by atoms with Crippen LogP contribution in [0.25, 0.3) is 0 Å². The summed E-state index contributed by atoms with van der Waals surface area (Å²) in [4.78, 5) is 23.6. The van der Waals surface area contributed by atoms with Gasteiger partial charge in [0.15, 0.2) is 0 Å². The molecule has 2 aromatic rings. The SMILES string of the molecule is CC(=O)OC[C@H](OS(C)(=O)=O)[C@H](Cc1ccccc1)NC(=O)OCc1ccccc1. The standard InChI is InChI=1S/C21H25NO7S/c1-16(23)27-15-20(29-30(2,25)26)19(13-17-9-5-3-6-10-17)22-21(24)28-14-18-11-7-4-8-12-18/h3-12,19-20H,13-15H2,1-2H3,(H,22,24)/t19-,20-/m0/s1. The fourth-order valence-corrected chi connectivity index (χ4v) is 3.33. The minimum absolute atomic E-state index is 0.0479. The summed E-state index contributed by atoms with van der Waals surface area (Å²) in [5.74, 6) is -0.595. The molecule has 0 fully saturated rings. The van der Waals surface area contributed by atoms with E-state index in [0.717, 1.165) is 17.4 Å². The molecule has 9 heteroatoms. The summed E-state index contributed by atoms with van der Waals surface area (Å²) in [5, 5.41) is 2.64. The molecule has 2 aromatic carbocycles. The van der Waals surface area contributed by atoms with Gasteiger partial charge >= 0.3 is 12.1 Å². The van der Waals surface area contributed by atoms with E-state index < -0.39 is 34.3 Å². The molecule has 0 saturated heterocycles. The third kappa shape index (κ3) is 9.06. The summed E-state index contributed by atoms with van der Waals surface area (Å²) in [5.41, 5.74) is 1.63. The summed E-state index contributed by atoms with van der Waals surface area (Å²) >= 11 is 0. The first kappa shape index (κ1) is 23.4. The van der Waals surface area contributed by atoms with Gasteiger partial charge in [-0.25, -0.2) is 4.79 Å². The van der Waals surface area contributed by atoms with E-state index in [4.69, 9.17) is 13.7 Å². The number of benzene rings is 2. The van der Waals surface area contributed by atoms with Crippen molar-refractivity contribution in [3.63, 3.8) is 0 Å². The Bertz CT molecular complexity index is 917. The third-order valence-electron chi connectivity index (χ3n) is 4.01. The lowest BCUT2D eigenvalue weighted by molar-refractivity contribution is -0.143. The van der Waals surface area contributed by atoms with E-state index in [9.17, 15) is 18.0 Å². The molecule has 2 atom stereocenters. The maximum absolute atomic E-state index is 12.4. The highest BCUT2D eigenvalue weighted by molar-refractivity contribution is 7.86. The van der Waals surface area contributed by atoms with Crippen LogP contribution in [0.2, 0.25) is 0 Å². The van der Waals surface area contributed by atoms with E-state index in [2.05, 4.69) is 5.32 Å². The lowest BCUT2D eigenvalue weighted by atomic mass is 10.0. The van der Waals surface area contributed by atoms with Gasteiger partial charge in [0.2, 0.25) is 0 Å². The van der Waals surface area contributed by atoms with E-state index in [-0.39, 0.29) is 19.6 Å². The molecule has 0 aliphatic rings. The predicted molar refractivity (Wildman–Crippen MR) is 110 cm³/mol. The Morgan fingerprint density at radius 1 is 0.933 bits per heavy atom. The van der Waals surface area contributed by atoms with Crippen molar-refractivity contribution in [3.8, 4) is 0 Å². The van der Waals surface area contributed by atoms with Gasteiger partial charge in [-0.15, -0.1) is 0 Å². The minimum Gasteiger partial charge on any atom is -0.463 e. The number of hydrogen-bond donors (Lipinski definition) is 1. The highest BCUT2D eigenvalue weighted by Gasteiger charge is 2.29. The molecule has 0 heterocycles. The number of hydrogen-bond acceptors (Lipinski definition) is 7. The van der Waals surface area contributed by atoms with Crippen molar-refractivity contribution in [1.29, 1.82) is 0 Å². The molecule has 0 saturated carbocycles. The highest BCUT2D eigenvalue weighted by Crippen LogP contribution is 2.13. The number of carbonyl (C=O) groups is 2. The fourth-order valence-electron chi connectivity index (χ4n) is 2.69. The van der Waals surface area contributed by atoms with Crippen molar-refractivity contribution in [3.05, 3.63) is 71.8 Å². The molecule has 1 amide bonds. The quantitative estimate of drug-likeness (QED) is 0.451. The summed E-state index contributed by atoms with van der Waals surface area (Å²) < 4.78 is 38.8. The molecule has 0 aliphatic carbocycles. The van der Waals surface area contributed by atoms with Crippen LogP contribution in [-0.2, 0) is 41.6 Å². The van der Waals surface area contributed by atoms with Gasteiger partial charge in [-0.2, -0.15) is 8.42 Å². The summed E-state index contributed by atoms with van der Waals surface area (Å²) in [7, 11) is -3.88. The first-order chi connectivity index (χ1) is 14.2. The van der Waals surface area contributed by atoms with Crippen LogP contribution in [0.3, 0.4) is 0 Å². The van der Waals surface area contributed by atoms with Crippen LogP contribution < -0.4 is 5.32 Å². The normalized spacial score (nSPS) is 13.1. The van der Waals surface area contributed by atoms with Gasteiger partial charge in [0.25, 0.3) is 10.1 Å². The van der Waals surface area contributed by atoms with Crippen molar-refractivity contribution in [2.24, 2.45) is 0 Å². The van der Waals surface area contributed by atoms with Crippen molar-refractivity contribution in [2.45, 2.75) is 32.1 Å². The molecule has 2 rings (SSSR count). The fraction of sp³-hybridized carbons (Fsp3) is 0.333. The number of carbonyl (C=O) groups excluding carboxylic acids is 2. The van der Waals surface area contributed by atoms with Crippen molar-refractivity contribution in [1.82, 2.24) is 5.32 Å². The second-order valence-corrected chi connectivity index (χ2v) is 8.24. The van der Waals surface area contributed by atoms with Gasteiger partial charge in [0.1, 0.15) is 19.3 Å². The zero-order valence-corrected chi connectivity index (χ0v) is 17.6.